The molecule has 2 aromatic heterocycles. The molecule has 1 N–H and O–H groups in total. The Hall–Kier alpha value is -3.00. The van der Waals surface area contributed by atoms with Gasteiger partial charge in [0.1, 0.15) is 5.76 Å². The Balaban J connectivity index is 1.68. The van der Waals surface area contributed by atoms with Crippen molar-refractivity contribution in [3.8, 4) is 0 Å². The predicted octanol–water partition coefficient (Wildman–Crippen LogP) is 3.80. The molecule has 0 spiro atoms. The predicted molar refractivity (Wildman–Crippen MR) is 89.4 cm³/mol. The lowest BCUT2D eigenvalue weighted by Gasteiger charge is -1.99. The highest BCUT2D eigenvalue weighted by atomic mass is 32.1. The Kier molecular flexibility index (Phi) is 4.39. The first-order chi connectivity index (χ1) is 11.5. The van der Waals surface area contributed by atoms with Crippen molar-refractivity contribution in [2.75, 3.05) is 5.32 Å². The molecule has 0 unspecified atom stereocenters. The molecule has 0 radical (unpaired) electrons. The van der Waals surface area contributed by atoms with Crippen LogP contribution in [0, 0.1) is 17.0 Å². The van der Waals surface area contributed by atoms with Gasteiger partial charge in [-0.25, -0.2) is 4.98 Å². The van der Waals surface area contributed by atoms with E-state index in [9.17, 15) is 14.9 Å². The maximum atomic E-state index is 12.0. The average Bonchev–Trinajstić information content (AvgIpc) is 3.17. The molecular weight excluding hydrogens is 330 g/mol. The van der Waals surface area contributed by atoms with E-state index in [1.165, 1.54) is 23.5 Å². The lowest BCUT2D eigenvalue weighted by Crippen LogP contribution is -2.10. The number of carbonyl (C=O) groups is 1. The molecule has 0 saturated carbocycles. The van der Waals surface area contributed by atoms with Gasteiger partial charge >= 0.3 is 0 Å². The van der Waals surface area contributed by atoms with Crippen LogP contribution in [0.1, 0.15) is 26.8 Å². The van der Waals surface area contributed by atoms with Crippen molar-refractivity contribution in [1.82, 2.24) is 4.98 Å². The van der Waals surface area contributed by atoms with Gasteiger partial charge in [0.2, 0.25) is 0 Å². The zero-order valence-corrected chi connectivity index (χ0v) is 13.5. The number of nitro groups is 1. The van der Waals surface area contributed by atoms with Crippen molar-refractivity contribution in [2.45, 2.75) is 13.3 Å². The van der Waals surface area contributed by atoms with E-state index in [4.69, 9.17) is 4.42 Å². The summed E-state index contributed by atoms with van der Waals surface area (Å²) in [5, 5.41) is 13.9. The smallest absolute Gasteiger partial charge is 0.293 e. The van der Waals surface area contributed by atoms with E-state index in [0.717, 1.165) is 10.4 Å². The van der Waals surface area contributed by atoms with E-state index in [1.807, 2.05) is 6.07 Å². The minimum absolute atomic E-state index is 0.0544. The highest BCUT2D eigenvalue weighted by Gasteiger charge is 2.13. The minimum Gasteiger partial charge on any atom is -0.456 e. The third-order valence-electron chi connectivity index (χ3n) is 3.24. The highest BCUT2D eigenvalue weighted by Crippen LogP contribution is 2.23. The second-order valence-corrected chi connectivity index (χ2v) is 6.22. The quantitative estimate of drug-likeness (QED) is 0.561. The van der Waals surface area contributed by atoms with Gasteiger partial charge in [0.15, 0.2) is 10.9 Å². The van der Waals surface area contributed by atoms with Crippen LogP contribution >= 0.6 is 11.3 Å². The van der Waals surface area contributed by atoms with E-state index >= 15 is 0 Å². The molecule has 8 heteroatoms. The van der Waals surface area contributed by atoms with Crippen LogP contribution in [-0.2, 0) is 6.42 Å². The molecule has 122 valence electrons. The summed E-state index contributed by atoms with van der Waals surface area (Å²) in [6, 6.07) is 9.76. The normalized spacial score (nSPS) is 10.5. The molecule has 3 rings (SSSR count). The van der Waals surface area contributed by atoms with E-state index in [1.54, 1.807) is 31.3 Å². The first-order valence-electron chi connectivity index (χ1n) is 7.07. The number of rotatable bonds is 5. The Morgan fingerprint density at radius 2 is 2.21 bits per heavy atom. The number of benzene rings is 1. The molecule has 0 bridgehead atoms. The number of aryl methyl sites for hydroxylation is 1. The number of nitrogens with one attached hydrogen (secondary N) is 1. The summed E-state index contributed by atoms with van der Waals surface area (Å²) in [6.07, 6.45) is 2.15. The topological polar surface area (TPSA) is 98.3 Å². The fourth-order valence-electron chi connectivity index (χ4n) is 2.14. The van der Waals surface area contributed by atoms with Gasteiger partial charge in [0, 0.05) is 29.6 Å². The molecule has 24 heavy (non-hydrogen) atoms. The van der Waals surface area contributed by atoms with Gasteiger partial charge in [-0.2, -0.15) is 0 Å². The maximum Gasteiger partial charge on any atom is 0.293 e. The third-order valence-corrected chi connectivity index (χ3v) is 4.15. The van der Waals surface area contributed by atoms with Crippen molar-refractivity contribution in [2.24, 2.45) is 0 Å². The van der Waals surface area contributed by atoms with Crippen LogP contribution < -0.4 is 5.32 Å². The number of non-ortho nitro benzene ring substituents is 1. The summed E-state index contributed by atoms with van der Waals surface area (Å²) in [7, 11) is 0. The Morgan fingerprint density at radius 1 is 1.38 bits per heavy atom. The van der Waals surface area contributed by atoms with Crippen molar-refractivity contribution >= 4 is 28.1 Å². The molecule has 0 saturated heterocycles. The van der Waals surface area contributed by atoms with Crippen molar-refractivity contribution in [1.29, 1.82) is 0 Å². The van der Waals surface area contributed by atoms with Gasteiger partial charge in [0.05, 0.1) is 4.92 Å². The van der Waals surface area contributed by atoms with Crippen LogP contribution in [0.2, 0.25) is 0 Å². The second kappa shape index (κ2) is 6.63. The largest absolute Gasteiger partial charge is 0.456 e. The Labute approximate surface area is 141 Å². The first-order valence-corrected chi connectivity index (χ1v) is 7.89. The molecule has 0 aliphatic rings. The van der Waals surface area contributed by atoms with Crippen LogP contribution in [0.3, 0.4) is 0 Å². The van der Waals surface area contributed by atoms with E-state index in [-0.39, 0.29) is 17.4 Å². The number of hydrogen-bond acceptors (Lipinski definition) is 6. The number of thiazole rings is 1. The number of nitrogens with zero attached hydrogens (tertiary/aromatic N) is 2. The zero-order chi connectivity index (χ0) is 17.1. The van der Waals surface area contributed by atoms with E-state index < -0.39 is 4.92 Å². The van der Waals surface area contributed by atoms with Crippen LogP contribution in [0.15, 0.2) is 47.0 Å². The molecule has 0 aliphatic heterocycles. The Morgan fingerprint density at radius 3 is 2.92 bits per heavy atom. The van der Waals surface area contributed by atoms with E-state index in [0.29, 0.717) is 17.3 Å². The summed E-state index contributed by atoms with van der Waals surface area (Å²) >= 11 is 1.32. The molecule has 0 fully saturated rings. The number of nitro benzene ring substituents is 1. The summed E-state index contributed by atoms with van der Waals surface area (Å²) in [6.45, 7) is 1.76. The van der Waals surface area contributed by atoms with Crippen LogP contribution in [0.4, 0.5) is 10.8 Å². The maximum absolute atomic E-state index is 12.0. The third kappa shape index (κ3) is 3.66. The van der Waals surface area contributed by atoms with Crippen molar-refractivity contribution in [3.05, 3.63) is 74.7 Å². The Bertz CT molecular complexity index is 900. The van der Waals surface area contributed by atoms with Gasteiger partial charge in [-0.1, -0.05) is 12.1 Å². The first kappa shape index (κ1) is 15.9. The molecule has 0 atom stereocenters. The standard InChI is InChI=1S/C16H13N3O4S/c1-10-5-6-14(23-10)15(20)18-16-17-9-13(24-16)8-11-3-2-4-12(7-11)19(21)22/h2-7,9H,8H2,1H3,(H,17,18,20). The summed E-state index contributed by atoms with van der Waals surface area (Å²) < 4.78 is 5.26. The number of amides is 1. The van der Waals surface area contributed by atoms with Crippen LogP contribution in [0.25, 0.3) is 0 Å². The summed E-state index contributed by atoms with van der Waals surface area (Å²) in [5.74, 6) is 0.521. The number of anilines is 1. The monoisotopic (exact) mass is 343 g/mol. The van der Waals surface area contributed by atoms with Gasteiger partial charge in [-0.15, -0.1) is 11.3 Å². The number of furan rings is 1. The van der Waals surface area contributed by atoms with Crippen LogP contribution in [-0.4, -0.2) is 15.8 Å². The summed E-state index contributed by atoms with van der Waals surface area (Å²) in [4.78, 5) is 27.4. The van der Waals surface area contributed by atoms with Gasteiger partial charge in [-0.05, 0) is 24.6 Å². The summed E-state index contributed by atoms with van der Waals surface area (Å²) in [5.41, 5.74) is 0.867. The van der Waals surface area contributed by atoms with Crippen molar-refractivity contribution in [3.63, 3.8) is 0 Å². The van der Waals surface area contributed by atoms with Crippen LogP contribution in [0.5, 0.6) is 0 Å². The number of carbonyl (C=O) groups excluding carboxylic acids is 1. The average molecular weight is 343 g/mol. The minimum atomic E-state index is -0.423. The lowest BCUT2D eigenvalue weighted by atomic mass is 10.1. The van der Waals surface area contributed by atoms with Gasteiger partial charge < -0.3 is 4.42 Å². The highest BCUT2D eigenvalue weighted by molar-refractivity contribution is 7.15. The zero-order valence-electron chi connectivity index (χ0n) is 12.7. The van der Waals surface area contributed by atoms with Gasteiger partial charge in [0.25, 0.3) is 11.6 Å². The number of hydrogen-bond donors (Lipinski definition) is 1. The molecule has 3 aromatic rings. The molecule has 7 nitrogen and oxygen atoms in total. The molecular formula is C16H13N3O4S. The lowest BCUT2D eigenvalue weighted by molar-refractivity contribution is -0.384. The van der Waals surface area contributed by atoms with Crippen molar-refractivity contribution < 1.29 is 14.1 Å². The molecule has 0 aliphatic carbocycles. The SMILES string of the molecule is Cc1ccc(C(=O)Nc2ncc(Cc3cccc([N+](=O)[O-])c3)s2)o1. The second-order valence-electron chi connectivity index (χ2n) is 5.10. The molecule has 1 amide bonds. The number of aromatic nitrogens is 1. The van der Waals surface area contributed by atoms with Gasteiger partial charge in [-0.3, -0.25) is 20.2 Å². The molecule has 2 heterocycles. The molecule has 1 aromatic carbocycles. The fourth-order valence-corrected chi connectivity index (χ4v) is 2.99. The van der Waals surface area contributed by atoms with E-state index in [2.05, 4.69) is 10.3 Å². The fraction of sp³-hybridized carbons (Fsp3) is 0.125.